The topological polar surface area (TPSA) is 168 Å². The molecule has 2 aliphatic heterocycles. The molecule has 2 aliphatic carbocycles. The van der Waals surface area contributed by atoms with Gasteiger partial charge in [-0.1, -0.05) is 19.3 Å². The summed E-state index contributed by atoms with van der Waals surface area (Å²) in [6, 6.07) is -1.21. The van der Waals surface area contributed by atoms with E-state index in [1.54, 1.807) is 0 Å². The van der Waals surface area contributed by atoms with Crippen molar-refractivity contribution in [3.8, 4) is 0 Å². The number of carbonyl (C=O) groups excluding carboxylic acids is 4. The zero-order valence-corrected chi connectivity index (χ0v) is 19.9. The number of rotatable bonds is 6. The molecule has 4 amide bonds. The van der Waals surface area contributed by atoms with Gasteiger partial charge in [0.05, 0.1) is 23.5 Å². The number of aliphatic hydroxyl groups is 1. The molecular formula is C22H37N5O5S. The van der Waals surface area contributed by atoms with Crippen LogP contribution in [-0.4, -0.2) is 77.2 Å². The van der Waals surface area contributed by atoms with E-state index in [0.717, 1.165) is 57.9 Å². The molecule has 0 aromatic heterocycles. The molecule has 7 N–H and O–H groups in total. The van der Waals surface area contributed by atoms with Crippen LogP contribution in [0.15, 0.2) is 0 Å². The van der Waals surface area contributed by atoms with Crippen LogP contribution in [0.4, 0.5) is 0 Å². The quantitative estimate of drug-likeness (QED) is 0.210. The number of β-lactam (4-membered cyclic amide) rings is 2. The van der Waals surface area contributed by atoms with E-state index in [1.165, 1.54) is 11.3 Å². The van der Waals surface area contributed by atoms with Gasteiger partial charge in [0, 0.05) is 24.9 Å². The molecule has 0 radical (unpaired) electrons. The van der Waals surface area contributed by atoms with Gasteiger partial charge in [-0.05, 0) is 38.5 Å². The third-order valence-electron chi connectivity index (χ3n) is 7.77. The molecule has 186 valence electrons. The highest BCUT2D eigenvalue weighted by Crippen LogP contribution is 2.45. The minimum atomic E-state index is -0.833. The molecule has 2 spiro atoms. The van der Waals surface area contributed by atoms with Gasteiger partial charge in [0.1, 0.15) is 6.04 Å². The second-order valence-corrected chi connectivity index (χ2v) is 10.3. The molecule has 11 heteroatoms. The lowest BCUT2D eigenvalue weighted by Gasteiger charge is -2.52. The van der Waals surface area contributed by atoms with Gasteiger partial charge in [0.25, 0.3) is 0 Å². The lowest BCUT2D eigenvalue weighted by molar-refractivity contribution is -0.172. The van der Waals surface area contributed by atoms with Gasteiger partial charge in [-0.2, -0.15) is 12.6 Å². The Kier molecular flexibility index (Phi) is 8.28. The van der Waals surface area contributed by atoms with Crippen LogP contribution in [0.2, 0.25) is 0 Å². The maximum Gasteiger partial charge on any atom is 0.242 e. The first-order valence-corrected chi connectivity index (χ1v) is 12.5. The fraction of sp³-hybridized carbons (Fsp3) is 0.818. The standard InChI is InChI=1S/C11H19N3O2S.C11H18N2O3/c12-8(5-17)9(15)14-7-1-3-11(4-2-7)6-13-10(11)16;12-9(15)8(6-14)13-7-11(10(13)16)4-2-1-3-5-11/h7-8,17H,1-6,12H2,(H,13,16)(H,14,15);8,14H,1-7H2,(H2,12,15). The first kappa shape index (κ1) is 25.8. The van der Waals surface area contributed by atoms with Crippen LogP contribution in [0.25, 0.3) is 0 Å². The maximum absolute atomic E-state index is 12.1. The number of aliphatic hydroxyl groups excluding tert-OH is 1. The second kappa shape index (κ2) is 10.6. The molecule has 0 aromatic carbocycles. The number of likely N-dealkylation sites (tertiary alicyclic amines) is 1. The van der Waals surface area contributed by atoms with Crippen LogP contribution in [0.1, 0.15) is 57.8 Å². The first-order valence-electron chi connectivity index (χ1n) is 11.8. The summed E-state index contributed by atoms with van der Waals surface area (Å²) in [6.45, 7) is 1.000. The minimum Gasteiger partial charge on any atom is -0.394 e. The summed E-state index contributed by atoms with van der Waals surface area (Å²) >= 11 is 4.00. The summed E-state index contributed by atoms with van der Waals surface area (Å²) < 4.78 is 0. The summed E-state index contributed by atoms with van der Waals surface area (Å²) in [6.07, 6.45) is 8.63. The number of carbonyl (C=O) groups is 4. The highest BCUT2D eigenvalue weighted by Gasteiger charge is 2.54. The van der Waals surface area contributed by atoms with Crippen LogP contribution in [0.5, 0.6) is 0 Å². The highest BCUT2D eigenvalue weighted by molar-refractivity contribution is 7.80. The molecule has 4 fully saturated rings. The molecule has 4 rings (SSSR count). The molecule has 2 saturated heterocycles. The summed E-state index contributed by atoms with van der Waals surface area (Å²) in [5.74, 6) is -0.231. The van der Waals surface area contributed by atoms with Gasteiger partial charge in [0.15, 0.2) is 0 Å². The lowest BCUT2D eigenvalue weighted by atomic mass is 9.67. The summed E-state index contributed by atoms with van der Waals surface area (Å²) in [7, 11) is 0. The zero-order chi connectivity index (χ0) is 24.2. The van der Waals surface area contributed by atoms with E-state index in [-0.39, 0.29) is 41.2 Å². The smallest absolute Gasteiger partial charge is 0.242 e. The molecule has 0 bridgehead atoms. The average Bonchev–Trinajstić information content (AvgIpc) is 2.83. The average molecular weight is 484 g/mol. The Morgan fingerprint density at radius 2 is 1.79 bits per heavy atom. The number of thiol groups is 1. The van der Waals surface area contributed by atoms with Crippen molar-refractivity contribution >= 4 is 36.3 Å². The Hall–Kier alpha value is -1.85. The highest BCUT2D eigenvalue weighted by atomic mass is 32.1. The van der Waals surface area contributed by atoms with Crippen molar-refractivity contribution in [2.24, 2.45) is 22.3 Å². The molecule has 4 aliphatic rings. The molecule has 2 saturated carbocycles. The first-order chi connectivity index (χ1) is 15.7. The van der Waals surface area contributed by atoms with E-state index in [1.807, 2.05) is 0 Å². The molecule has 33 heavy (non-hydrogen) atoms. The predicted molar refractivity (Wildman–Crippen MR) is 125 cm³/mol. The predicted octanol–water partition coefficient (Wildman–Crippen LogP) is -0.956. The van der Waals surface area contributed by atoms with Gasteiger partial charge >= 0.3 is 0 Å². The summed E-state index contributed by atoms with van der Waals surface area (Å²) in [5.41, 5.74) is 10.4. The molecule has 2 unspecified atom stereocenters. The normalized spacial score (nSPS) is 29.7. The Bertz CT molecular complexity index is 764. The Balaban J connectivity index is 0.000000186. The van der Waals surface area contributed by atoms with Crippen molar-refractivity contribution in [2.45, 2.75) is 75.9 Å². The molecule has 2 atom stereocenters. The van der Waals surface area contributed by atoms with Gasteiger partial charge in [-0.25, -0.2) is 0 Å². The number of primary amides is 1. The SMILES string of the molecule is NC(=O)C(CO)N1CC2(CCCCC2)C1=O.NC(CS)C(=O)NC1CCC2(CC1)CNC2=O. The van der Waals surface area contributed by atoms with Crippen LogP contribution in [-0.2, 0) is 19.2 Å². The number of hydrogen-bond donors (Lipinski definition) is 6. The summed E-state index contributed by atoms with van der Waals surface area (Å²) in [5, 5.41) is 14.8. The molecule has 0 aromatic rings. The number of hydrogen-bond acceptors (Lipinski definition) is 7. The van der Waals surface area contributed by atoms with Gasteiger partial charge in [-0.15, -0.1) is 0 Å². The van der Waals surface area contributed by atoms with Gasteiger partial charge < -0.3 is 32.1 Å². The second-order valence-electron chi connectivity index (χ2n) is 9.91. The molecule has 10 nitrogen and oxygen atoms in total. The van der Waals surface area contributed by atoms with Crippen molar-refractivity contribution in [3.63, 3.8) is 0 Å². The third-order valence-corrected chi connectivity index (χ3v) is 8.16. The Morgan fingerprint density at radius 1 is 1.15 bits per heavy atom. The number of nitrogens with two attached hydrogens (primary N) is 2. The largest absolute Gasteiger partial charge is 0.394 e. The molecular weight excluding hydrogens is 446 g/mol. The summed E-state index contributed by atoms with van der Waals surface area (Å²) in [4.78, 5) is 47.6. The third kappa shape index (κ3) is 5.30. The zero-order valence-electron chi connectivity index (χ0n) is 19.1. The van der Waals surface area contributed by atoms with Gasteiger partial charge in [-0.3, -0.25) is 19.2 Å². The Morgan fingerprint density at radius 3 is 2.21 bits per heavy atom. The van der Waals surface area contributed by atoms with Crippen LogP contribution in [0, 0.1) is 10.8 Å². The minimum absolute atomic E-state index is 0.00468. The lowest BCUT2D eigenvalue weighted by Crippen LogP contribution is -2.68. The van der Waals surface area contributed by atoms with E-state index < -0.39 is 18.0 Å². The van der Waals surface area contributed by atoms with Crippen LogP contribution >= 0.6 is 12.6 Å². The van der Waals surface area contributed by atoms with E-state index in [0.29, 0.717) is 12.3 Å². The van der Waals surface area contributed by atoms with Crippen molar-refractivity contribution < 1.29 is 24.3 Å². The van der Waals surface area contributed by atoms with Crippen LogP contribution < -0.4 is 22.1 Å². The number of nitrogens with zero attached hydrogens (tertiary/aromatic N) is 1. The number of amides is 4. The van der Waals surface area contributed by atoms with Crippen molar-refractivity contribution in [3.05, 3.63) is 0 Å². The Labute approximate surface area is 200 Å². The number of nitrogens with one attached hydrogen (secondary N) is 2. The van der Waals surface area contributed by atoms with E-state index in [9.17, 15) is 19.2 Å². The van der Waals surface area contributed by atoms with E-state index in [4.69, 9.17) is 16.6 Å². The maximum atomic E-state index is 12.1. The van der Waals surface area contributed by atoms with Crippen molar-refractivity contribution in [1.29, 1.82) is 0 Å². The van der Waals surface area contributed by atoms with Gasteiger partial charge in [0.2, 0.25) is 23.6 Å². The fourth-order valence-electron chi connectivity index (χ4n) is 5.39. The fourth-order valence-corrected chi connectivity index (χ4v) is 5.56. The molecule has 2 heterocycles. The van der Waals surface area contributed by atoms with Crippen molar-refractivity contribution in [2.75, 3.05) is 25.4 Å². The van der Waals surface area contributed by atoms with Crippen LogP contribution in [0.3, 0.4) is 0 Å². The van der Waals surface area contributed by atoms with Crippen molar-refractivity contribution in [1.82, 2.24) is 15.5 Å². The van der Waals surface area contributed by atoms with E-state index in [2.05, 4.69) is 23.3 Å². The monoisotopic (exact) mass is 483 g/mol. The van der Waals surface area contributed by atoms with E-state index >= 15 is 0 Å².